The molecule has 1 rings (SSSR count). The van der Waals surface area contributed by atoms with Crippen LogP contribution in [-0.2, 0) is 7.05 Å². The first-order valence-electron chi connectivity index (χ1n) is 3.44. The van der Waals surface area contributed by atoms with Crippen LogP contribution in [0, 0.1) is 6.92 Å². The lowest BCUT2D eigenvalue weighted by Gasteiger charge is -1.92. The first-order chi connectivity index (χ1) is 5.16. The van der Waals surface area contributed by atoms with Crippen molar-refractivity contribution < 1.29 is 0 Å². The molecule has 1 aromatic heterocycles. The summed E-state index contributed by atoms with van der Waals surface area (Å²) in [5, 5.41) is 4.01. The molecule has 0 amide bonds. The largest absolute Gasteiger partial charge is 0.382 e. The maximum absolute atomic E-state index is 5.57. The van der Waals surface area contributed by atoms with Crippen LogP contribution >= 0.6 is 0 Å². The van der Waals surface area contributed by atoms with E-state index in [-0.39, 0.29) is 0 Å². The summed E-state index contributed by atoms with van der Waals surface area (Å²) in [6, 6.07) is 0. The van der Waals surface area contributed by atoms with Crippen molar-refractivity contribution in [2.75, 3.05) is 5.73 Å². The Morgan fingerprint density at radius 3 is 2.64 bits per heavy atom. The molecular weight excluding hydrogens is 140 g/mol. The monoisotopic (exact) mass is 152 g/mol. The first kappa shape index (κ1) is 7.78. The molecule has 0 spiro atoms. The minimum atomic E-state index is 0.549. The molecule has 0 saturated heterocycles. The van der Waals surface area contributed by atoms with Crippen LogP contribution in [0.3, 0.4) is 0 Å². The molecule has 60 valence electrons. The summed E-state index contributed by atoms with van der Waals surface area (Å²) in [4.78, 5) is 4.12. The highest BCUT2D eigenvalue weighted by Gasteiger charge is 2.06. The van der Waals surface area contributed by atoms with Gasteiger partial charge in [-0.05, 0) is 13.8 Å². The van der Waals surface area contributed by atoms with Gasteiger partial charge in [-0.3, -0.25) is 0 Å². The quantitative estimate of drug-likeness (QED) is 0.611. The van der Waals surface area contributed by atoms with Gasteiger partial charge in [0.15, 0.2) is 11.6 Å². The van der Waals surface area contributed by atoms with Crippen molar-refractivity contribution in [3.63, 3.8) is 0 Å². The van der Waals surface area contributed by atoms with Crippen LogP contribution in [-0.4, -0.2) is 16.0 Å². The Morgan fingerprint density at radius 2 is 2.27 bits per heavy atom. The van der Waals surface area contributed by atoms with Gasteiger partial charge in [0, 0.05) is 18.8 Å². The van der Waals surface area contributed by atoms with Gasteiger partial charge in [-0.15, -0.1) is 0 Å². The second-order valence-corrected chi connectivity index (χ2v) is 2.34. The number of nitrogens with two attached hydrogens (primary N) is 1. The highest BCUT2D eigenvalue weighted by molar-refractivity contribution is 5.63. The highest BCUT2D eigenvalue weighted by Crippen LogP contribution is 2.21. The Balaban J connectivity index is 3.22. The average Bonchev–Trinajstić information content (AvgIpc) is 2.17. The minimum Gasteiger partial charge on any atom is -0.382 e. The molecule has 1 heterocycles. The zero-order chi connectivity index (χ0) is 8.43. The second kappa shape index (κ2) is 2.74. The minimum absolute atomic E-state index is 0.549. The number of aromatic nitrogens is 2. The van der Waals surface area contributed by atoms with Crippen LogP contribution in [0.25, 0.3) is 0 Å². The van der Waals surface area contributed by atoms with Gasteiger partial charge in [-0.1, -0.05) is 0 Å². The van der Waals surface area contributed by atoms with E-state index in [1.807, 2.05) is 20.9 Å². The van der Waals surface area contributed by atoms with Gasteiger partial charge in [0.05, 0.1) is 0 Å². The van der Waals surface area contributed by atoms with E-state index in [1.54, 1.807) is 10.9 Å². The topological polar surface area (TPSA) is 56.2 Å². The van der Waals surface area contributed by atoms with E-state index in [0.717, 1.165) is 11.4 Å². The SMILES string of the molecule is CC=Nc1c(C)c(N)nn1C. The molecule has 1 aromatic rings. The Bertz CT molecular complexity index is 285. The van der Waals surface area contributed by atoms with Crippen LogP contribution in [0.2, 0.25) is 0 Å². The van der Waals surface area contributed by atoms with Crippen LogP contribution in [0.5, 0.6) is 0 Å². The molecule has 0 aliphatic rings. The third-order valence-corrected chi connectivity index (χ3v) is 1.54. The van der Waals surface area contributed by atoms with E-state index in [4.69, 9.17) is 5.73 Å². The lowest BCUT2D eigenvalue weighted by atomic mass is 10.3. The Kier molecular flexibility index (Phi) is 1.94. The number of hydrogen-bond acceptors (Lipinski definition) is 3. The van der Waals surface area contributed by atoms with Gasteiger partial charge < -0.3 is 5.73 Å². The number of aliphatic imine (C=N–C) groups is 1. The summed E-state index contributed by atoms with van der Waals surface area (Å²) >= 11 is 0. The van der Waals surface area contributed by atoms with Crippen LogP contribution in [0.1, 0.15) is 12.5 Å². The van der Waals surface area contributed by atoms with Crippen molar-refractivity contribution in [1.82, 2.24) is 9.78 Å². The maximum Gasteiger partial charge on any atom is 0.154 e. The molecule has 0 radical (unpaired) electrons. The van der Waals surface area contributed by atoms with Crippen LogP contribution < -0.4 is 5.73 Å². The first-order valence-corrected chi connectivity index (χ1v) is 3.44. The fourth-order valence-electron chi connectivity index (χ4n) is 0.944. The zero-order valence-electron chi connectivity index (χ0n) is 7.00. The maximum atomic E-state index is 5.57. The van der Waals surface area contributed by atoms with Crippen molar-refractivity contribution in [2.45, 2.75) is 13.8 Å². The van der Waals surface area contributed by atoms with E-state index in [2.05, 4.69) is 10.1 Å². The molecule has 0 aliphatic carbocycles. The van der Waals surface area contributed by atoms with E-state index in [1.165, 1.54) is 0 Å². The number of rotatable bonds is 1. The summed E-state index contributed by atoms with van der Waals surface area (Å²) in [5.74, 6) is 1.37. The molecular formula is C7H12N4. The Hall–Kier alpha value is -1.32. The molecule has 0 bridgehead atoms. The number of aryl methyl sites for hydroxylation is 1. The zero-order valence-corrected chi connectivity index (χ0v) is 7.00. The third-order valence-electron chi connectivity index (χ3n) is 1.54. The Labute approximate surface area is 65.7 Å². The molecule has 11 heavy (non-hydrogen) atoms. The van der Waals surface area contributed by atoms with Crippen LogP contribution in [0.15, 0.2) is 4.99 Å². The summed E-state index contributed by atoms with van der Waals surface area (Å²) < 4.78 is 1.67. The van der Waals surface area contributed by atoms with Gasteiger partial charge >= 0.3 is 0 Å². The molecule has 0 aromatic carbocycles. The number of nitrogen functional groups attached to an aromatic ring is 1. The lowest BCUT2D eigenvalue weighted by molar-refractivity contribution is 0.775. The molecule has 0 saturated carbocycles. The fraction of sp³-hybridized carbons (Fsp3) is 0.429. The van der Waals surface area contributed by atoms with Crippen molar-refractivity contribution >= 4 is 17.9 Å². The Morgan fingerprint density at radius 1 is 1.64 bits per heavy atom. The third kappa shape index (κ3) is 1.24. The molecule has 0 unspecified atom stereocenters. The predicted octanol–water partition coefficient (Wildman–Crippen LogP) is 1.03. The standard InChI is InChI=1S/C7H12N4/c1-4-9-7-5(2)6(8)10-11(7)3/h4H,1-3H3,(H2,8,10). The van der Waals surface area contributed by atoms with E-state index >= 15 is 0 Å². The summed E-state index contributed by atoms with van der Waals surface area (Å²) in [6.07, 6.45) is 1.73. The fourth-order valence-corrected chi connectivity index (χ4v) is 0.944. The average molecular weight is 152 g/mol. The lowest BCUT2D eigenvalue weighted by Crippen LogP contribution is -1.91. The van der Waals surface area contributed by atoms with Gasteiger partial charge in [-0.25, -0.2) is 9.67 Å². The summed E-state index contributed by atoms with van der Waals surface area (Å²) in [6.45, 7) is 3.77. The molecule has 4 heteroatoms. The molecule has 2 N–H and O–H groups in total. The summed E-state index contributed by atoms with van der Waals surface area (Å²) in [7, 11) is 1.83. The van der Waals surface area contributed by atoms with E-state index in [0.29, 0.717) is 5.82 Å². The normalized spacial score (nSPS) is 11.2. The molecule has 4 nitrogen and oxygen atoms in total. The van der Waals surface area contributed by atoms with Gasteiger partial charge in [-0.2, -0.15) is 5.10 Å². The predicted molar refractivity (Wildman–Crippen MR) is 46.2 cm³/mol. The van der Waals surface area contributed by atoms with Crippen molar-refractivity contribution in [3.05, 3.63) is 5.56 Å². The number of hydrogen-bond donors (Lipinski definition) is 1. The highest BCUT2D eigenvalue weighted by atomic mass is 15.3. The second-order valence-electron chi connectivity index (χ2n) is 2.34. The molecule has 0 atom stereocenters. The van der Waals surface area contributed by atoms with Crippen molar-refractivity contribution in [2.24, 2.45) is 12.0 Å². The molecule has 0 fully saturated rings. The van der Waals surface area contributed by atoms with Crippen molar-refractivity contribution in [1.29, 1.82) is 0 Å². The molecule has 0 aliphatic heterocycles. The smallest absolute Gasteiger partial charge is 0.154 e. The van der Waals surface area contributed by atoms with Crippen LogP contribution in [0.4, 0.5) is 11.6 Å². The van der Waals surface area contributed by atoms with Gasteiger partial charge in [0.1, 0.15) is 0 Å². The van der Waals surface area contributed by atoms with Crippen molar-refractivity contribution in [3.8, 4) is 0 Å². The number of anilines is 1. The van der Waals surface area contributed by atoms with Gasteiger partial charge in [0.2, 0.25) is 0 Å². The van der Waals surface area contributed by atoms with Gasteiger partial charge in [0.25, 0.3) is 0 Å². The van der Waals surface area contributed by atoms with E-state index < -0.39 is 0 Å². The summed E-state index contributed by atoms with van der Waals surface area (Å²) in [5.41, 5.74) is 6.50. The van der Waals surface area contributed by atoms with E-state index in [9.17, 15) is 0 Å². The number of nitrogens with zero attached hydrogens (tertiary/aromatic N) is 3.